The first-order valence-electron chi connectivity index (χ1n) is 9.58. The molecule has 160 valence electrons. The Morgan fingerprint density at radius 2 is 1.65 bits per heavy atom. The van der Waals surface area contributed by atoms with Crippen LogP contribution in [0.25, 0.3) is 5.69 Å². The molecule has 4 N–H and O–H groups in total. The number of nitrogens with one attached hydrogen (secondary N) is 2. The number of nitrogens with zero attached hydrogens (tertiary/aromatic N) is 2. The minimum Gasteiger partial charge on any atom is -0.364 e. The highest BCUT2D eigenvalue weighted by atomic mass is 35.5. The smallest absolute Gasteiger partial charge is 0.269 e. The molecule has 1 heterocycles. The van der Waals surface area contributed by atoms with Crippen LogP contribution in [0.3, 0.4) is 0 Å². The third-order valence-electron chi connectivity index (χ3n) is 4.58. The molecule has 0 saturated heterocycles. The lowest BCUT2D eigenvalue weighted by molar-refractivity contribution is -0.118. The molecule has 0 radical (unpaired) electrons. The first kappa shape index (κ1) is 22.0. The number of nitrogens with two attached hydrogens (primary N) is 1. The van der Waals surface area contributed by atoms with Gasteiger partial charge in [-0.25, -0.2) is 4.68 Å². The van der Waals surface area contributed by atoms with E-state index in [1.807, 2.05) is 13.8 Å². The molecule has 3 aromatic rings. The van der Waals surface area contributed by atoms with Gasteiger partial charge in [-0.1, -0.05) is 25.4 Å². The van der Waals surface area contributed by atoms with E-state index >= 15 is 0 Å². The SMILES string of the molecule is CC(C)C(NC(=O)c1ccc(Cl)cc1)C(=O)Nc1ccc(-n2ccc(C(N)=O)n2)cc1. The van der Waals surface area contributed by atoms with E-state index in [2.05, 4.69) is 15.7 Å². The van der Waals surface area contributed by atoms with Crippen LogP contribution in [0.4, 0.5) is 5.69 Å². The van der Waals surface area contributed by atoms with Crippen molar-refractivity contribution in [2.75, 3.05) is 5.32 Å². The maximum Gasteiger partial charge on any atom is 0.269 e. The molecule has 3 rings (SSSR count). The van der Waals surface area contributed by atoms with Crippen molar-refractivity contribution in [3.63, 3.8) is 0 Å². The Kier molecular flexibility index (Phi) is 6.71. The van der Waals surface area contributed by atoms with Crippen LogP contribution in [0.5, 0.6) is 0 Å². The van der Waals surface area contributed by atoms with Crippen LogP contribution in [0.15, 0.2) is 60.8 Å². The molecular weight excluding hydrogens is 418 g/mol. The number of aromatic nitrogens is 2. The molecule has 1 aromatic heterocycles. The number of carbonyl (C=O) groups is 3. The lowest BCUT2D eigenvalue weighted by Gasteiger charge is -2.22. The lowest BCUT2D eigenvalue weighted by atomic mass is 10.0. The largest absolute Gasteiger partial charge is 0.364 e. The van der Waals surface area contributed by atoms with Crippen molar-refractivity contribution in [2.45, 2.75) is 19.9 Å². The van der Waals surface area contributed by atoms with Gasteiger partial charge in [0.2, 0.25) is 5.91 Å². The van der Waals surface area contributed by atoms with Crippen LogP contribution in [-0.4, -0.2) is 33.5 Å². The van der Waals surface area contributed by atoms with Crippen molar-refractivity contribution >= 4 is 35.0 Å². The van der Waals surface area contributed by atoms with Gasteiger partial charge in [-0.05, 0) is 60.5 Å². The van der Waals surface area contributed by atoms with Gasteiger partial charge in [0.25, 0.3) is 11.8 Å². The number of carbonyl (C=O) groups excluding carboxylic acids is 3. The van der Waals surface area contributed by atoms with Gasteiger partial charge in [0.05, 0.1) is 5.69 Å². The summed E-state index contributed by atoms with van der Waals surface area (Å²) in [7, 11) is 0. The number of hydrogen-bond donors (Lipinski definition) is 3. The predicted molar refractivity (Wildman–Crippen MR) is 118 cm³/mol. The first-order chi connectivity index (χ1) is 14.7. The molecule has 1 atom stereocenters. The van der Waals surface area contributed by atoms with Gasteiger partial charge in [-0.2, -0.15) is 5.10 Å². The van der Waals surface area contributed by atoms with Crippen molar-refractivity contribution in [3.05, 3.63) is 77.1 Å². The van der Waals surface area contributed by atoms with Gasteiger partial charge >= 0.3 is 0 Å². The second-order valence-corrected chi connectivity index (χ2v) is 7.68. The Morgan fingerprint density at radius 3 is 2.19 bits per heavy atom. The molecule has 3 amide bonds. The molecule has 1 unspecified atom stereocenters. The normalized spacial score (nSPS) is 11.7. The average Bonchev–Trinajstić information content (AvgIpc) is 3.23. The van der Waals surface area contributed by atoms with Gasteiger partial charge in [0, 0.05) is 22.5 Å². The van der Waals surface area contributed by atoms with Crippen LogP contribution in [0.1, 0.15) is 34.7 Å². The van der Waals surface area contributed by atoms with Crippen LogP contribution >= 0.6 is 11.6 Å². The molecule has 8 nitrogen and oxygen atoms in total. The van der Waals surface area contributed by atoms with Gasteiger partial charge in [0.15, 0.2) is 0 Å². The Balaban J connectivity index is 1.68. The Labute approximate surface area is 184 Å². The first-order valence-corrected chi connectivity index (χ1v) is 9.95. The number of amides is 3. The Bertz CT molecular complexity index is 1090. The van der Waals surface area contributed by atoms with E-state index in [1.54, 1.807) is 54.7 Å². The van der Waals surface area contributed by atoms with Crippen LogP contribution in [0, 0.1) is 5.92 Å². The summed E-state index contributed by atoms with van der Waals surface area (Å²) in [6, 6.07) is 14.1. The summed E-state index contributed by atoms with van der Waals surface area (Å²) in [5.74, 6) is -1.43. The summed E-state index contributed by atoms with van der Waals surface area (Å²) in [6.45, 7) is 3.70. The van der Waals surface area contributed by atoms with Crippen LogP contribution in [0.2, 0.25) is 5.02 Å². The summed E-state index contributed by atoms with van der Waals surface area (Å²) < 4.78 is 1.51. The number of hydrogen-bond acceptors (Lipinski definition) is 4. The van der Waals surface area contributed by atoms with Gasteiger partial charge in [-0.3, -0.25) is 14.4 Å². The van der Waals surface area contributed by atoms with Gasteiger partial charge < -0.3 is 16.4 Å². The molecule has 9 heteroatoms. The highest BCUT2D eigenvalue weighted by Gasteiger charge is 2.25. The number of halogens is 1. The van der Waals surface area contributed by atoms with E-state index in [0.717, 1.165) is 0 Å². The maximum absolute atomic E-state index is 12.8. The molecule has 0 spiro atoms. The van der Waals surface area contributed by atoms with Crippen molar-refractivity contribution in [2.24, 2.45) is 11.7 Å². The van der Waals surface area contributed by atoms with Crippen LogP contribution in [-0.2, 0) is 4.79 Å². The van der Waals surface area contributed by atoms with E-state index in [0.29, 0.717) is 22.0 Å². The summed E-state index contributed by atoms with van der Waals surface area (Å²) in [4.78, 5) is 36.5. The fourth-order valence-corrected chi connectivity index (χ4v) is 3.00. The fourth-order valence-electron chi connectivity index (χ4n) is 2.88. The van der Waals surface area contributed by atoms with Gasteiger partial charge in [0.1, 0.15) is 11.7 Å². The van der Waals surface area contributed by atoms with E-state index in [-0.39, 0.29) is 23.4 Å². The van der Waals surface area contributed by atoms with Crippen molar-refractivity contribution in [3.8, 4) is 5.69 Å². The second-order valence-electron chi connectivity index (χ2n) is 7.25. The highest BCUT2D eigenvalue weighted by Crippen LogP contribution is 2.15. The van der Waals surface area contributed by atoms with Crippen molar-refractivity contribution in [1.82, 2.24) is 15.1 Å². The maximum atomic E-state index is 12.8. The number of primary amides is 1. The monoisotopic (exact) mass is 439 g/mol. The Hall–Kier alpha value is -3.65. The third kappa shape index (κ3) is 5.49. The Morgan fingerprint density at radius 1 is 1.00 bits per heavy atom. The zero-order chi connectivity index (χ0) is 22.5. The number of benzene rings is 2. The lowest BCUT2D eigenvalue weighted by Crippen LogP contribution is -2.47. The topological polar surface area (TPSA) is 119 Å². The molecule has 0 aliphatic heterocycles. The summed E-state index contributed by atoms with van der Waals surface area (Å²) in [5.41, 5.74) is 7.05. The molecule has 0 fully saturated rings. The highest BCUT2D eigenvalue weighted by molar-refractivity contribution is 6.30. The number of rotatable bonds is 7. The second kappa shape index (κ2) is 9.44. The molecule has 31 heavy (non-hydrogen) atoms. The summed E-state index contributed by atoms with van der Waals surface area (Å²) >= 11 is 5.86. The van der Waals surface area contributed by atoms with Crippen molar-refractivity contribution < 1.29 is 14.4 Å². The van der Waals surface area contributed by atoms with E-state index < -0.39 is 11.9 Å². The minimum atomic E-state index is -0.730. The third-order valence-corrected chi connectivity index (χ3v) is 4.84. The van der Waals surface area contributed by atoms with Crippen molar-refractivity contribution in [1.29, 1.82) is 0 Å². The van der Waals surface area contributed by atoms with Gasteiger partial charge in [-0.15, -0.1) is 0 Å². The minimum absolute atomic E-state index is 0.133. The van der Waals surface area contributed by atoms with Crippen LogP contribution < -0.4 is 16.4 Å². The molecular formula is C22H22ClN5O3. The number of anilines is 1. The standard InChI is InChI=1S/C22H22ClN5O3/c1-13(2)19(26-21(30)14-3-5-15(23)6-4-14)22(31)25-16-7-9-17(10-8-16)28-12-11-18(27-28)20(24)29/h3-13,19H,1-2H3,(H2,24,29)(H,25,31)(H,26,30). The van der Waals surface area contributed by atoms with E-state index in [9.17, 15) is 14.4 Å². The quantitative estimate of drug-likeness (QED) is 0.524. The fraction of sp³-hybridized carbons (Fsp3) is 0.182. The molecule has 2 aromatic carbocycles. The zero-order valence-electron chi connectivity index (χ0n) is 17.0. The predicted octanol–water partition coefficient (Wildman–Crippen LogP) is 3.02. The summed E-state index contributed by atoms with van der Waals surface area (Å²) in [5, 5.41) is 10.2. The average molecular weight is 440 g/mol. The van der Waals surface area contributed by atoms with E-state index in [1.165, 1.54) is 10.7 Å². The molecule has 0 saturated carbocycles. The van der Waals surface area contributed by atoms with E-state index in [4.69, 9.17) is 17.3 Å². The molecule has 0 aliphatic rings. The molecule has 0 bridgehead atoms. The molecule has 0 aliphatic carbocycles. The summed E-state index contributed by atoms with van der Waals surface area (Å²) in [6.07, 6.45) is 1.62. The zero-order valence-corrected chi connectivity index (χ0v) is 17.8.